The second-order valence-electron chi connectivity index (χ2n) is 3.96. The van der Waals surface area contributed by atoms with Crippen LogP contribution in [0, 0.1) is 3.57 Å². The number of pyridine rings is 1. The molecule has 2 aromatic heterocycles. The number of fused-ring (bicyclic) bond motifs is 1. The summed E-state index contributed by atoms with van der Waals surface area (Å²) in [6.45, 7) is 0.491. The third-order valence-corrected chi connectivity index (χ3v) is 3.40. The van der Waals surface area contributed by atoms with Crippen molar-refractivity contribution in [2.75, 3.05) is 0 Å². The van der Waals surface area contributed by atoms with E-state index in [9.17, 15) is 0 Å². The zero-order valence-electron chi connectivity index (χ0n) is 9.55. The van der Waals surface area contributed by atoms with Crippen LogP contribution >= 0.6 is 22.6 Å². The standard InChI is InChI=1S/C13H11IN4/c14-10-7-17-18(8-10)13-12-4-2-1-3-11(12)9(5-15)6-16-13/h1-4,6-8H,5,15H2. The van der Waals surface area contributed by atoms with E-state index >= 15 is 0 Å². The first-order valence-electron chi connectivity index (χ1n) is 5.57. The Hall–Kier alpha value is -1.47. The van der Waals surface area contributed by atoms with Gasteiger partial charge in [0, 0.05) is 24.3 Å². The van der Waals surface area contributed by atoms with Crippen LogP contribution in [-0.2, 0) is 6.54 Å². The number of hydrogen-bond donors (Lipinski definition) is 1. The van der Waals surface area contributed by atoms with Crippen molar-refractivity contribution in [2.45, 2.75) is 6.54 Å². The van der Waals surface area contributed by atoms with Gasteiger partial charge in [-0.15, -0.1) is 0 Å². The van der Waals surface area contributed by atoms with Crippen LogP contribution in [0.5, 0.6) is 0 Å². The summed E-state index contributed by atoms with van der Waals surface area (Å²) in [5.41, 5.74) is 6.80. The lowest BCUT2D eigenvalue weighted by molar-refractivity contribution is 0.852. The highest BCUT2D eigenvalue weighted by atomic mass is 127. The number of nitrogens with zero attached hydrogens (tertiary/aromatic N) is 3. The normalized spacial score (nSPS) is 11.0. The molecule has 0 aliphatic heterocycles. The molecule has 0 aliphatic carbocycles. The molecule has 0 unspecified atom stereocenters. The van der Waals surface area contributed by atoms with E-state index in [1.807, 2.05) is 36.8 Å². The van der Waals surface area contributed by atoms with Gasteiger partial charge >= 0.3 is 0 Å². The van der Waals surface area contributed by atoms with Gasteiger partial charge in [0.05, 0.1) is 9.77 Å². The number of nitrogens with two attached hydrogens (primary N) is 1. The van der Waals surface area contributed by atoms with Crippen LogP contribution in [0.1, 0.15) is 5.56 Å². The number of hydrogen-bond acceptors (Lipinski definition) is 3. The Morgan fingerprint density at radius 2 is 1.94 bits per heavy atom. The molecule has 0 amide bonds. The van der Waals surface area contributed by atoms with Crippen LogP contribution in [0.25, 0.3) is 16.6 Å². The second-order valence-corrected chi connectivity index (χ2v) is 5.21. The highest BCUT2D eigenvalue weighted by molar-refractivity contribution is 14.1. The third kappa shape index (κ3) is 1.89. The summed E-state index contributed by atoms with van der Waals surface area (Å²) in [6, 6.07) is 8.13. The van der Waals surface area contributed by atoms with E-state index in [0.29, 0.717) is 6.54 Å². The van der Waals surface area contributed by atoms with Crippen LogP contribution < -0.4 is 5.73 Å². The number of aromatic nitrogens is 3. The Morgan fingerprint density at radius 1 is 1.17 bits per heavy atom. The molecule has 5 heteroatoms. The molecule has 18 heavy (non-hydrogen) atoms. The Morgan fingerprint density at radius 3 is 2.61 bits per heavy atom. The summed E-state index contributed by atoms with van der Waals surface area (Å²) in [7, 11) is 0. The molecule has 3 aromatic rings. The molecule has 2 heterocycles. The lowest BCUT2D eigenvalue weighted by Crippen LogP contribution is -2.03. The summed E-state index contributed by atoms with van der Waals surface area (Å²) < 4.78 is 2.88. The summed E-state index contributed by atoms with van der Waals surface area (Å²) in [6.07, 6.45) is 5.59. The molecule has 0 atom stereocenters. The molecule has 0 fully saturated rings. The monoisotopic (exact) mass is 350 g/mol. The maximum absolute atomic E-state index is 5.75. The molecule has 3 rings (SSSR count). The van der Waals surface area contributed by atoms with E-state index in [-0.39, 0.29) is 0 Å². The maximum atomic E-state index is 5.75. The Balaban J connectivity index is 2.31. The van der Waals surface area contributed by atoms with Crippen molar-refractivity contribution in [3.05, 3.63) is 52.0 Å². The minimum atomic E-state index is 0.491. The van der Waals surface area contributed by atoms with E-state index in [0.717, 1.165) is 25.7 Å². The Bertz CT molecular complexity index is 705. The van der Waals surface area contributed by atoms with Crippen molar-refractivity contribution in [2.24, 2.45) is 5.73 Å². The molecule has 1 aromatic carbocycles. The fourth-order valence-electron chi connectivity index (χ4n) is 2.00. The maximum Gasteiger partial charge on any atom is 0.161 e. The number of halogens is 1. The third-order valence-electron chi connectivity index (χ3n) is 2.84. The Kier molecular flexibility index (Phi) is 3.00. The number of rotatable bonds is 2. The predicted molar refractivity (Wildman–Crippen MR) is 79.5 cm³/mol. The van der Waals surface area contributed by atoms with E-state index in [2.05, 4.69) is 38.7 Å². The predicted octanol–water partition coefficient (Wildman–Crippen LogP) is 2.48. The van der Waals surface area contributed by atoms with Gasteiger partial charge in [0.2, 0.25) is 0 Å². The molecule has 4 nitrogen and oxygen atoms in total. The molecule has 0 bridgehead atoms. The van der Waals surface area contributed by atoms with Gasteiger partial charge in [-0.3, -0.25) is 0 Å². The zero-order chi connectivity index (χ0) is 12.5. The van der Waals surface area contributed by atoms with Crippen molar-refractivity contribution >= 4 is 33.4 Å². The first-order chi connectivity index (χ1) is 8.79. The largest absolute Gasteiger partial charge is 0.326 e. The van der Waals surface area contributed by atoms with Gasteiger partial charge in [-0.1, -0.05) is 24.3 Å². The lowest BCUT2D eigenvalue weighted by atomic mass is 10.1. The van der Waals surface area contributed by atoms with Crippen molar-refractivity contribution in [3.63, 3.8) is 0 Å². The fraction of sp³-hybridized carbons (Fsp3) is 0.0769. The van der Waals surface area contributed by atoms with Crippen LogP contribution in [0.3, 0.4) is 0 Å². The second kappa shape index (κ2) is 4.66. The quantitative estimate of drug-likeness (QED) is 0.723. The van der Waals surface area contributed by atoms with Gasteiger partial charge in [-0.2, -0.15) is 5.10 Å². The highest BCUT2D eigenvalue weighted by Gasteiger charge is 2.08. The van der Waals surface area contributed by atoms with Gasteiger partial charge in [0.1, 0.15) is 0 Å². The van der Waals surface area contributed by atoms with Crippen LogP contribution in [0.15, 0.2) is 42.9 Å². The summed E-state index contributed by atoms with van der Waals surface area (Å²) in [5, 5.41) is 6.51. The zero-order valence-corrected chi connectivity index (χ0v) is 11.7. The topological polar surface area (TPSA) is 56.7 Å². The molecule has 0 saturated carbocycles. The van der Waals surface area contributed by atoms with Crippen molar-refractivity contribution in [3.8, 4) is 5.82 Å². The molecular formula is C13H11IN4. The van der Waals surface area contributed by atoms with Gasteiger partial charge in [-0.05, 0) is 33.5 Å². The number of benzene rings is 1. The summed E-state index contributed by atoms with van der Waals surface area (Å²) in [4.78, 5) is 4.48. The van der Waals surface area contributed by atoms with Crippen LogP contribution in [0.4, 0.5) is 0 Å². The van der Waals surface area contributed by atoms with Crippen molar-refractivity contribution < 1.29 is 0 Å². The van der Waals surface area contributed by atoms with Crippen LogP contribution in [-0.4, -0.2) is 14.8 Å². The van der Waals surface area contributed by atoms with Gasteiger partial charge in [0.25, 0.3) is 0 Å². The van der Waals surface area contributed by atoms with Gasteiger partial charge in [-0.25, -0.2) is 9.67 Å². The summed E-state index contributed by atoms with van der Waals surface area (Å²) in [5.74, 6) is 0.839. The first-order valence-corrected chi connectivity index (χ1v) is 6.64. The average Bonchev–Trinajstić information content (AvgIpc) is 2.84. The van der Waals surface area contributed by atoms with E-state index in [1.54, 1.807) is 4.68 Å². The molecule has 0 aliphatic rings. The highest BCUT2D eigenvalue weighted by Crippen LogP contribution is 2.23. The molecule has 0 saturated heterocycles. The minimum Gasteiger partial charge on any atom is -0.326 e. The SMILES string of the molecule is NCc1cnc(-n2cc(I)cn2)c2ccccc12. The minimum absolute atomic E-state index is 0.491. The van der Waals surface area contributed by atoms with E-state index in [1.165, 1.54) is 0 Å². The Labute approximate surface area is 118 Å². The van der Waals surface area contributed by atoms with Crippen LogP contribution in [0.2, 0.25) is 0 Å². The molecule has 2 N–H and O–H groups in total. The van der Waals surface area contributed by atoms with Gasteiger partial charge < -0.3 is 5.73 Å². The average molecular weight is 350 g/mol. The summed E-state index contributed by atoms with van der Waals surface area (Å²) >= 11 is 2.23. The van der Waals surface area contributed by atoms with Gasteiger partial charge in [0.15, 0.2) is 5.82 Å². The molecular weight excluding hydrogens is 339 g/mol. The first kappa shape index (κ1) is 11.6. The smallest absolute Gasteiger partial charge is 0.161 e. The van der Waals surface area contributed by atoms with E-state index < -0.39 is 0 Å². The van der Waals surface area contributed by atoms with Crippen molar-refractivity contribution in [1.82, 2.24) is 14.8 Å². The molecule has 0 spiro atoms. The van der Waals surface area contributed by atoms with E-state index in [4.69, 9.17) is 5.73 Å². The molecule has 90 valence electrons. The fourth-order valence-corrected chi connectivity index (χ4v) is 2.39. The lowest BCUT2D eigenvalue weighted by Gasteiger charge is -2.08. The van der Waals surface area contributed by atoms with Crippen molar-refractivity contribution in [1.29, 1.82) is 0 Å². The molecule has 0 radical (unpaired) electrons.